The van der Waals surface area contributed by atoms with Crippen LogP contribution >= 0.6 is 11.8 Å². The molecule has 1 amide bonds. The summed E-state index contributed by atoms with van der Waals surface area (Å²) in [6.45, 7) is 1.31. The van der Waals surface area contributed by atoms with Crippen molar-refractivity contribution in [1.29, 1.82) is 0 Å². The van der Waals surface area contributed by atoms with Gasteiger partial charge in [0.2, 0.25) is 5.91 Å². The van der Waals surface area contributed by atoms with Gasteiger partial charge in [-0.25, -0.2) is 4.98 Å². The van der Waals surface area contributed by atoms with Gasteiger partial charge in [-0.05, 0) is 24.3 Å². The Labute approximate surface area is 128 Å². The second-order valence-corrected chi connectivity index (χ2v) is 6.20. The summed E-state index contributed by atoms with van der Waals surface area (Å²) in [6.07, 6.45) is 2.90. The van der Waals surface area contributed by atoms with Crippen molar-refractivity contribution >= 4 is 28.4 Å². The largest absolute Gasteiger partial charge is 0.393 e. The van der Waals surface area contributed by atoms with Crippen LogP contribution < -0.4 is 0 Å². The summed E-state index contributed by atoms with van der Waals surface area (Å²) >= 11 is 1.49. The van der Waals surface area contributed by atoms with Gasteiger partial charge < -0.3 is 10.0 Å². The van der Waals surface area contributed by atoms with Gasteiger partial charge in [0.1, 0.15) is 5.03 Å². The Hall–Kier alpha value is -1.59. The number of rotatable bonds is 3. The first-order chi connectivity index (χ1) is 10.2. The van der Waals surface area contributed by atoms with E-state index in [-0.39, 0.29) is 12.0 Å². The predicted molar refractivity (Wildman–Crippen MR) is 84.3 cm³/mol. The molecule has 0 aliphatic carbocycles. The number of aliphatic hydroxyl groups excluding tert-OH is 1. The Kier molecular flexibility index (Phi) is 4.41. The minimum atomic E-state index is -0.249. The van der Waals surface area contributed by atoms with Gasteiger partial charge in [-0.15, -0.1) is 0 Å². The van der Waals surface area contributed by atoms with Gasteiger partial charge in [0.05, 0.1) is 11.9 Å². The number of hydrogen-bond acceptors (Lipinski definition) is 4. The number of likely N-dealkylation sites (tertiary alicyclic amines) is 1. The summed E-state index contributed by atoms with van der Waals surface area (Å²) in [4.78, 5) is 18.4. The number of pyridine rings is 1. The van der Waals surface area contributed by atoms with E-state index >= 15 is 0 Å². The summed E-state index contributed by atoms with van der Waals surface area (Å²) in [6, 6.07) is 10.1. The molecule has 0 bridgehead atoms. The second kappa shape index (κ2) is 6.45. The van der Waals surface area contributed by atoms with E-state index in [0.29, 0.717) is 31.7 Å². The fraction of sp³-hybridized carbons (Fsp3) is 0.375. The number of nitrogens with zero attached hydrogens (tertiary/aromatic N) is 2. The zero-order chi connectivity index (χ0) is 14.7. The van der Waals surface area contributed by atoms with Crippen molar-refractivity contribution in [3.8, 4) is 0 Å². The molecule has 21 heavy (non-hydrogen) atoms. The van der Waals surface area contributed by atoms with E-state index in [2.05, 4.69) is 11.1 Å². The lowest BCUT2D eigenvalue weighted by Gasteiger charge is -2.29. The number of amides is 1. The Balaban J connectivity index is 1.65. The quantitative estimate of drug-likeness (QED) is 0.884. The monoisotopic (exact) mass is 302 g/mol. The lowest BCUT2D eigenvalue weighted by molar-refractivity contribution is -0.130. The average Bonchev–Trinajstić information content (AvgIpc) is 2.53. The van der Waals surface area contributed by atoms with Crippen LogP contribution in [0.2, 0.25) is 0 Å². The van der Waals surface area contributed by atoms with Gasteiger partial charge in [-0.2, -0.15) is 0 Å². The molecule has 0 spiro atoms. The predicted octanol–water partition coefficient (Wildman–Crippen LogP) is 2.31. The van der Waals surface area contributed by atoms with Crippen LogP contribution in [0.15, 0.2) is 41.6 Å². The maximum Gasteiger partial charge on any atom is 0.232 e. The average molecular weight is 302 g/mol. The van der Waals surface area contributed by atoms with Crippen LogP contribution in [-0.4, -0.2) is 45.8 Å². The summed E-state index contributed by atoms with van der Waals surface area (Å²) < 4.78 is 0. The first-order valence-electron chi connectivity index (χ1n) is 7.16. The van der Waals surface area contributed by atoms with E-state index in [1.807, 2.05) is 29.2 Å². The van der Waals surface area contributed by atoms with Crippen molar-refractivity contribution in [2.24, 2.45) is 0 Å². The van der Waals surface area contributed by atoms with E-state index in [9.17, 15) is 9.90 Å². The van der Waals surface area contributed by atoms with Crippen LogP contribution in [0.1, 0.15) is 12.8 Å². The van der Waals surface area contributed by atoms with E-state index in [0.717, 1.165) is 15.8 Å². The van der Waals surface area contributed by atoms with E-state index < -0.39 is 0 Å². The molecular formula is C16H18N2O2S. The highest BCUT2D eigenvalue weighted by Gasteiger charge is 2.21. The van der Waals surface area contributed by atoms with Gasteiger partial charge in [-0.3, -0.25) is 4.79 Å². The zero-order valence-electron chi connectivity index (χ0n) is 11.7. The molecule has 2 heterocycles. The van der Waals surface area contributed by atoms with Crippen molar-refractivity contribution in [2.45, 2.75) is 24.0 Å². The molecule has 1 aromatic heterocycles. The maximum atomic E-state index is 12.2. The van der Waals surface area contributed by atoms with Crippen LogP contribution in [0.25, 0.3) is 10.8 Å². The molecule has 1 aliphatic heterocycles. The number of piperidine rings is 1. The number of carbonyl (C=O) groups is 1. The van der Waals surface area contributed by atoms with Crippen LogP contribution in [0.5, 0.6) is 0 Å². The highest BCUT2D eigenvalue weighted by molar-refractivity contribution is 8.00. The number of thioether (sulfide) groups is 1. The SMILES string of the molecule is O=C(CSc1nccc2ccccc12)N1CCC(O)CC1. The van der Waals surface area contributed by atoms with Crippen molar-refractivity contribution in [3.63, 3.8) is 0 Å². The van der Waals surface area contributed by atoms with Gasteiger partial charge in [-0.1, -0.05) is 36.0 Å². The minimum Gasteiger partial charge on any atom is -0.393 e. The summed E-state index contributed by atoms with van der Waals surface area (Å²) in [5.41, 5.74) is 0. The molecular weight excluding hydrogens is 284 g/mol. The highest BCUT2D eigenvalue weighted by atomic mass is 32.2. The molecule has 110 valence electrons. The molecule has 0 radical (unpaired) electrons. The Morgan fingerprint density at radius 3 is 2.86 bits per heavy atom. The Morgan fingerprint density at radius 2 is 2.05 bits per heavy atom. The first-order valence-corrected chi connectivity index (χ1v) is 8.15. The Morgan fingerprint density at radius 1 is 1.29 bits per heavy atom. The standard InChI is InChI=1S/C16H18N2O2S/c19-13-6-9-18(10-7-13)15(20)11-21-16-14-4-2-1-3-12(14)5-8-17-16/h1-5,8,13,19H,6-7,9-11H2. The molecule has 5 heteroatoms. The molecule has 1 N–H and O–H groups in total. The van der Waals surface area contributed by atoms with Crippen molar-refractivity contribution in [1.82, 2.24) is 9.88 Å². The van der Waals surface area contributed by atoms with Gasteiger partial charge >= 0.3 is 0 Å². The molecule has 2 aromatic rings. The third-order valence-corrected chi connectivity index (χ3v) is 4.78. The topological polar surface area (TPSA) is 53.4 Å². The molecule has 1 aliphatic rings. The number of benzene rings is 1. The third-order valence-electron chi connectivity index (χ3n) is 3.79. The zero-order valence-corrected chi connectivity index (χ0v) is 12.6. The van der Waals surface area contributed by atoms with Gasteiger partial charge in [0.15, 0.2) is 0 Å². The molecule has 0 unspecified atom stereocenters. The smallest absolute Gasteiger partial charge is 0.232 e. The normalized spacial score (nSPS) is 16.3. The summed E-state index contributed by atoms with van der Waals surface area (Å²) in [7, 11) is 0. The van der Waals surface area contributed by atoms with Crippen molar-refractivity contribution < 1.29 is 9.90 Å². The number of aromatic nitrogens is 1. The lowest BCUT2D eigenvalue weighted by Crippen LogP contribution is -2.40. The summed E-state index contributed by atoms with van der Waals surface area (Å²) in [5, 5.41) is 12.6. The molecule has 1 saturated heterocycles. The third kappa shape index (κ3) is 3.36. The van der Waals surface area contributed by atoms with Crippen molar-refractivity contribution in [3.05, 3.63) is 36.5 Å². The lowest BCUT2D eigenvalue weighted by atomic mass is 10.1. The van der Waals surface area contributed by atoms with E-state index in [4.69, 9.17) is 0 Å². The van der Waals surface area contributed by atoms with Crippen molar-refractivity contribution in [2.75, 3.05) is 18.8 Å². The fourth-order valence-electron chi connectivity index (χ4n) is 2.54. The molecule has 0 atom stereocenters. The fourth-order valence-corrected chi connectivity index (χ4v) is 3.46. The molecule has 1 fully saturated rings. The highest BCUT2D eigenvalue weighted by Crippen LogP contribution is 2.25. The van der Waals surface area contributed by atoms with Crippen LogP contribution in [0.3, 0.4) is 0 Å². The van der Waals surface area contributed by atoms with E-state index in [1.54, 1.807) is 6.20 Å². The molecule has 0 saturated carbocycles. The number of hydrogen-bond donors (Lipinski definition) is 1. The molecule has 3 rings (SSSR count). The van der Waals surface area contributed by atoms with Gasteiger partial charge in [0.25, 0.3) is 0 Å². The Bertz CT molecular complexity index is 634. The van der Waals surface area contributed by atoms with Gasteiger partial charge in [0, 0.05) is 24.7 Å². The van der Waals surface area contributed by atoms with Crippen LogP contribution in [0, 0.1) is 0 Å². The maximum absolute atomic E-state index is 12.2. The minimum absolute atomic E-state index is 0.127. The summed E-state index contributed by atoms with van der Waals surface area (Å²) in [5.74, 6) is 0.526. The number of fused-ring (bicyclic) bond motifs is 1. The number of aliphatic hydroxyl groups is 1. The second-order valence-electron chi connectivity index (χ2n) is 5.24. The van der Waals surface area contributed by atoms with Crippen LogP contribution in [0.4, 0.5) is 0 Å². The number of carbonyl (C=O) groups excluding carboxylic acids is 1. The first kappa shape index (κ1) is 14.4. The molecule has 4 nitrogen and oxygen atoms in total. The van der Waals surface area contributed by atoms with E-state index in [1.165, 1.54) is 11.8 Å². The molecule has 1 aromatic carbocycles. The van der Waals surface area contributed by atoms with Crippen LogP contribution in [-0.2, 0) is 4.79 Å².